The van der Waals surface area contributed by atoms with E-state index < -0.39 is 11.9 Å². The molecule has 0 bridgehead atoms. The van der Waals surface area contributed by atoms with Gasteiger partial charge >= 0.3 is 11.9 Å². The SMILES string of the molecule is CC(c1ccccc1)(c1ccccc1)c1ccccc1.O=C(O)CCCCCBr.O=C(O)CCCCCSC(c1ccccc1)(c1ccccc1)c1ccccc1. The van der Waals surface area contributed by atoms with Gasteiger partial charge in [0.15, 0.2) is 0 Å². The molecule has 57 heavy (non-hydrogen) atoms. The number of hydrogen-bond acceptors (Lipinski definition) is 3. The van der Waals surface area contributed by atoms with Crippen molar-refractivity contribution in [2.45, 2.75) is 68.5 Å². The Balaban J connectivity index is 0.000000215. The minimum Gasteiger partial charge on any atom is -0.481 e. The van der Waals surface area contributed by atoms with E-state index in [1.807, 2.05) is 11.8 Å². The van der Waals surface area contributed by atoms with Crippen LogP contribution in [-0.4, -0.2) is 33.2 Å². The largest absolute Gasteiger partial charge is 0.481 e. The van der Waals surface area contributed by atoms with Crippen molar-refractivity contribution in [2.75, 3.05) is 11.1 Å². The summed E-state index contributed by atoms with van der Waals surface area (Å²) in [5.41, 5.74) is 7.63. The summed E-state index contributed by atoms with van der Waals surface area (Å²) in [7, 11) is 0. The van der Waals surface area contributed by atoms with E-state index in [0.717, 1.165) is 49.6 Å². The van der Waals surface area contributed by atoms with Crippen LogP contribution in [0.2, 0.25) is 0 Å². The minimum absolute atomic E-state index is 0.121. The zero-order chi connectivity index (χ0) is 40.6. The van der Waals surface area contributed by atoms with Crippen LogP contribution in [0.15, 0.2) is 182 Å². The van der Waals surface area contributed by atoms with Crippen LogP contribution in [0.1, 0.15) is 91.7 Å². The summed E-state index contributed by atoms with van der Waals surface area (Å²) in [4.78, 5) is 20.7. The van der Waals surface area contributed by atoms with E-state index in [0.29, 0.717) is 6.42 Å². The van der Waals surface area contributed by atoms with Gasteiger partial charge in [0.05, 0.1) is 4.75 Å². The van der Waals surface area contributed by atoms with E-state index in [-0.39, 0.29) is 16.6 Å². The Kier molecular flexibility index (Phi) is 19.4. The van der Waals surface area contributed by atoms with Gasteiger partial charge in [0.25, 0.3) is 0 Å². The molecule has 0 aliphatic rings. The molecule has 0 radical (unpaired) electrons. The second-order valence-electron chi connectivity index (χ2n) is 13.9. The normalized spacial score (nSPS) is 11.0. The van der Waals surface area contributed by atoms with E-state index in [4.69, 9.17) is 10.2 Å². The number of carbonyl (C=O) groups is 2. The Morgan fingerprint density at radius 2 is 0.719 bits per heavy atom. The fraction of sp³-hybridized carbons (Fsp3) is 0.255. The Morgan fingerprint density at radius 1 is 0.439 bits per heavy atom. The van der Waals surface area contributed by atoms with Crippen molar-refractivity contribution < 1.29 is 19.8 Å². The van der Waals surface area contributed by atoms with Crippen LogP contribution in [0.4, 0.5) is 0 Å². The number of benzene rings is 6. The van der Waals surface area contributed by atoms with Crippen molar-refractivity contribution in [1.29, 1.82) is 0 Å². The lowest BCUT2D eigenvalue weighted by Crippen LogP contribution is -2.26. The van der Waals surface area contributed by atoms with Gasteiger partial charge in [0.1, 0.15) is 0 Å². The summed E-state index contributed by atoms with van der Waals surface area (Å²) in [6.07, 6.45) is 6.15. The Bertz CT molecular complexity index is 1780. The third-order valence-corrected chi connectivity index (χ3v) is 12.2. The van der Waals surface area contributed by atoms with Gasteiger partial charge < -0.3 is 10.2 Å². The lowest BCUT2D eigenvalue weighted by Gasteiger charge is -2.35. The Morgan fingerprint density at radius 3 is 1.00 bits per heavy atom. The van der Waals surface area contributed by atoms with Crippen LogP contribution in [0.3, 0.4) is 0 Å². The van der Waals surface area contributed by atoms with E-state index in [1.54, 1.807) is 0 Å². The summed E-state index contributed by atoms with van der Waals surface area (Å²) < 4.78 is -0.281. The number of unbranched alkanes of at least 4 members (excludes halogenated alkanes) is 4. The molecule has 0 fully saturated rings. The second-order valence-corrected chi connectivity index (χ2v) is 16.1. The lowest BCUT2D eigenvalue weighted by atomic mass is 9.71. The average Bonchev–Trinajstić information content (AvgIpc) is 3.27. The van der Waals surface area contributed by atoms with E-state index in [9.17, 15) is 9.59 Å². The maximum Gasteiger partial charge on any atom is 0.303 e. The van der Waals surface area contributed by atoms with Gasteiger partial charge in [-0.1, -0.05) is 211 Å². The molecule has 0 heterocycles. The minimum atomic E-state index is -0.708. The molecule has 2 N–H and O–H groups in total. The number of thioether (sulfide) groups is 1. The van der Waals surface area contributed by atoms with Crippen LogP contribution in [0, 0.1) is 0 Å². The highest BCUT2D eigenvalue weighted by Gasteiger charge is 2.36. The Labute approximate surface area is 352 Å². The zero-order valence-electron chi connectivity index (χ0n) is 32.9. The molecule has 0 spiro atoms. The fourth-order valence-corrected chi connectivity index (χ4v) is 8.87. The fourth-order valence-electron chi connectivity index (χ4n) is 6.91. The average molecular weight is 844 g/mol. The standard InChI is InChI=1S/C25H26O2S.C20H18.C6H11BrO2/c26-24(27)19-11-4-12-20-28-25(21-13-5-1-6-14-21,22-15-7-2-8-16-22)23-17-9-3-10-18-23;1-20(17-11-5-2-6-12-17,18-13-7-3-8-14-18)19-15-9-4-10-16-19;7-5-3-1-2-4-6(8)9/h1-3,5-10,13-18H,4,11-12,19-20H2,(H,26,27);2-16H,1H3;1-5H2,(H,8,9). The van der Waals surface area contributed by atoms with Crippen LogP contribution >= 0.6 is 27.7 Å². The van der Waals surface area contributed by atoms with Crippen LogP contribution in [0.5, 0.6) is 0 Å². The molecule has 0 saturated heterocycles. The number of aliphatic carboxylic acids is 2. The highest BCUT2D eigenvalue weighted by molar-refractivity contribution is 9.09. The smallest absolute Gasteiger partial charge is 0.303 e. The van der Waals surface area contributed by atoms with Gasteiger partial charge in [-0.2, -0.15) is 0 Å². The Hall–Kier alpha value is -4.91. The molecule has 6 heteroatoms. The topological polar surface area (TPSA) is 74.6 Å². The van der Waals surface area contributed by atoms with Gasteiger partial charge in [0, 0.05) is 23.6 Å². The number of carboxylic acid groups (broad SMARTS) is 2. The molecule has 6 rings (SSSR count). The summed E-state index contributed by atoms with van der Waals surface area (Å²) in [6.45, 7) is 2.30. The number of alkyl halides is 1. The van der Waals surface area contributed by atoms with Crippen LogP contribution < -0.4 is 0 Å². The quantitative estimate of drug-likeness (QED) is 0.0512. The van der Waals surface area contributed by atoms with Crippen molar-refractivity contribution in [3.05, 3.63) is 215 Å². The molecule has 0 saturated carbocycles. The van der Waals surface area contributed by atoms with E-state index in [1.165, 1.54) is 33.4 Å². The zero-order valence-corrected chi connectivity index (χ0v) is 35.3. The molecule has 0 aliphatic carbocycles. The summed E-state index contributed by atoms with van der Waals surface area (Å²) in [5.74, 6) is -0.428. The maximum absolute atomic E-state index is 10.7. The van der Waals surface area contributed by atoms with Crippen molar-refractivity contribution in [3.8, 4) is 0 Å². The predicted molar refractivity (Wildman–Crippen MR) is 243 cm³/mol. The summed E-state index contributed by atoms with van der Waals surface area (Å²) >= 11 is 5.21. The van der Waals surface area contributed by atoms with Gasteiger partial charge in [-0.3, -0.25) is 9.59 Å². The first-order valence-corrected chi connectivity index (χ1v) is 21.9. The molecular weight excluding hydrogens is 789 g/mol. The van der Waals surface area contributed by atoms with E-state index in [2.05, 4.69) is 205 Å². The van der Waals surface area contributed by atoms with Gasteiger partial charge in [-0.05, 0) is 71.7 Å². The van der Waals surface area contributed by atoms with Gasteiger partial charge in [-0.15, -0.1) is 11.8 Å². The van der Waals surface area contributed by atoms with Crippen LogP contribution in [0.25, 0.3) is 0 Å². The van der Waals surface area contributed by atoms with Crippen molar-refractivity contribution in [2.24, 2.45) is 0 Å². The first-order valence-electron chi connectivity index (χ1n) is 19.8. The van der Waals surface area contributed by atoms with Gasteiger partial charge in [-0.25, -0.2) is 0 Å². The highest BCUT2D eigenvalue weighted by atomic mass is 79.9. The first-order chi connectivity index (χ1) is 27.8. The number of hydrogen-bond donors (Lipinski definition) is 2. The molecule has 0 atom stereocenters. The molecule has 0 amide bonds. The summed E-state index contributed by atoms with van der Waals surface area (Å²) in [5, 5.41) is 18.0. The number of rotatable bonds is 18. The first kappa shape index (κ1) is 44.8. The third-order valence-electron chi connectivity index (χ3n) is 9.97. The molecule has 6 aromatic rings. The second kappa shape index (κ2) is 24.7. The van der Waals surface area contributed by atoms with Gasteiger partial charge in [0.2, 0.25) is 0 Å². The molecule has 6 aromatic carbocycles. The number of halogens is 1. The molecule has 0 aromatic heterocycles. The molecule has 4 nitrogen and oxygen atoms in total. The van der Waals surface area contributed by atoms with Crippen molar-refractivity contribution in [3.63, 3.8) is 0 Å². The molecule has 0 aliphatic heterocycles. The van der Waals surface area contributed by atoms with Crippen molar-refractivity contribution >= 4 is 39.6 Å². The van der Waals surface area contributed by atoms with Crippen LogP contribution in [-0.2, 0) is 19.8 Å². The monoisotopic (exact) mass is 842 g/mol. The highest BCUT2D eigenvalue weighted by Crippen LogP contribution is 2.48. The predicted octanol–water partition coefficient (Wildman–Crippen LogP) is 13.4. The number of carboxylic acids is 2. The summed E-state index contributed by atoms with van der Waals surface area (Å²) in [6, 6.07) is 64.1. The maximum atomic E-state index is 10.7. The van der Waals surface area contributed by atoms with E-state index >= 15 is 0 Å². The molecular formula is C51H55BrO4S. The van der Waals surface area contributed by atoms with Crippen molar-refractivity contribution in [1.82, 2.24) is 0 Å². The lowest BCUT2D eigenvalue weighted by molar-refractivity contribution is -0.138. The molecule has 296 valence electrons. The molecule has 0 unspecified atom stereocenters. The third kappa shape index (κ3) is 13.6.